The minimum absolute atomic E-state index is 0.207. The van der Waals surface area contributed by atoms with E-state index in [2.05, 4.69) is 11.0 Å². The van der Waals surface area contributed by atoms with Gasteiger partial charge < -0.3 is 28.7 Å². The van der Waals surface area contributed by atoms with E-state index in [-0.39, 0.29) is 18.6 Å². The van der Waals surface area contributed by atoms with E-state index >= 15 is 0 Å². The fraction of sp³-hybridized carbons (Fsp3) is 0.594. The van der Waals surface area contributed by atoms with Crippen LogP contribution in [-0.2, 0) is 20.8 Å². The van der Waals surface area contributed by atoms with Crippen LogP contribution in [0.2, 0.25) is 0 Å². The van der Waals surface area contributed by atoms with Crippen LogP contribution >= 0.6 is 0 Å². The van der Waals surface area contributed by atoms with Gasteiger partial charge in [0.05, 0.1) is 24.5 Å². The Bertz CT molecular complexity index is 1290. The van der Waals surface area contributed by atoms with E-state index in [0.29, 0.717) is 43.6 Å². The van der Waals surface area contributed by atoms with E-state index in [1.54, 1.807) is 16.0 Å². The number of hydrogen-bond donors (Lipinski definition) is 0. The van der Waals surface area contributed by atoms with Crippen LogP contribution < -0.4 is 14.5 Å². The van der Waals surface area contributed by atoms with E-state index in [9.17, 15) is 9.59 Å². The largest absolute Gasteiger partial charge is 0.486 e. The van der Waals surface area contributed by atoms with Gasteiger partial charge in [0, 0.05) is 38.1 Å². The zero-order valence-corrected chi connectivity index (χ0v) is 25.8. The molecule has 2 aromatic rings. The highest BCUT2D eigenvalue weighted by molar-refractivity contribution is 5.99. The maximum atomic E-state index is 13.9. The lowest BCUT2D eigenvalue weighted by Gasteiger charge is -2.32. The molecule has 0 N–H and O–H groups in total. The number of benzene rings is 1. The number of morpholine rings is 1. The molecule has 2 saturated heterocycles. The van der Waals surface area contributed by atoms with E-state index in [0.717, 1.165) is 49.2 Å². The van der Waals surface area contributed by atoms with Gasteiger partial charge in [-0.05, 0) is 90.5 Å². The highest BCUT2D eigenvalue weighted by atomic mass is 16.6. The number of aromatic nitrogens is 1. The Balaban J connectivity index is 1.48. The summed E-state index contributed by atoms with van der Waals surface area (Å²) in [5, 5.41) is 0. The predicted molar refractivity (Wildman–Crippen MR) is 161 cm³/mol. The van der Waals surface area contributed by atoms with Gasteiger partial charge in [-0.25, -0.2) is 19.5 Å². The maximum Gasteiger partial charge on any atom is 0.420 e. The zero-order valence-electron chi connectivity index (χ0n) is 25.8. The average molecular weight is 581 g/mol. The molecule has 1 aromatic carbocycles. The average Bonchev–Trinajstić information content (AvgIpc) is 3.26. The molecule has 1 aromatic heterocycles. The van der Waals surface area contributed by atoms with E-state index in [1.807, 2.05) is 59.7 Å². The Morgan fingerprint density at radius 3 is 2.31 bits per heavy atom. The Morgan fingerprint density at radius 1 is 0.881 bits per heavy atom. The summed E-state index contributed by atoms with van der Waals surface area (Å²) >= 11 is 0. The number of carbonyl (C=O) groups excluding carboxylic acids is 2. The second kappa shape index (κ2) is 12.0. The van der Waals surface area contributed by atoms with Crippen molar-refractivity contribution in [3.8, 4) is 5.75 Å². The van der Waals surface area contributed by atoms with Gasteiger partial charge in [-0.2, -0.15) is 0 Å². The molecule has 3 aliphatic heterocycles. The topological polar surface area (TPSA) is 93.7 Å². The van der Waals surface area contributed by atoms with Crippen molar-refractivity contribution in [1.82, 2.24) is 9.88 Å². The number of pyridine rings is 1. The number of nitrogens with zero attached hydrogens (tertiary/aromatic N) is 4. The summed E-state index contributed by atoms with van der Waals surface area (Å²) in [6, 6.07) is 8.03. The number of anilines is 3. The van der Waals surface area contributed by atoms with Crippen molar-refractivity contribution < 1.29 is 28.5 Å². The van der Waals surface area contributed by atoms with Crippen LogP contribution in [0.25, 0.3) is 0 Å². The summed E-state index contributed by atoms with van der Waals surface area (Å²) in [5.74, 6) is 1.32. The molecule has 0 spiro atoms. The lowest BCUT2D eigenvalue weighted by molar-refractivity contribution is 0.0256. The predicted octanol–water partition coefficient (Wildman–Crippen LogP) is 6.39. The van der Waals surface area contributed by atoms with Crippen LogP contribution in [0.15, 0.2) is 30.5 Å². The number of ether oxygens (including phenoxy) is 4. The Hall–Kier alpha value is -3.53. The summed E-state index contributed by atoms with van der Waals surface area (Å²) in [4.78, 5) is 37.0. The van der Waals surface area contributed by atoms with Crippen LogP contribution in [0, 0.1) is 0 Å². The fourth-order valence-corrected chi connectivity index (χ4v) is 5.68. The number of hydrogen-bond acceptors (Lipinski definition) is 8. The molecule has 228 valence electrons. The molecule has 4 heterocycles. The summed E-state index contributed by atoms with van der Waals surface area (Å²) in [6.07, 6.45) is 3.54. The number of likely N-dealkylation sites (tertiary alicyclic amines) is 1. The standard InChI is InChI=1S/C32H44N4O6/c1-31(2,3)41-29(37)35-14-7-8-22(12-15-35)23-9-10-27-26(20-23)36(30(38)42-32(4,5)6)28-24(21-40-27)25(11-13-33-28)34-16-18-39-19-17-34/h9-11,13,20,22H,7-8,12,14-19,21H2,1-6H3. The SMILES string of the molecule is CC(C)(C)OC(=O)N1CCCC(c2ccc3c(c2)N(C(=O)OC(C)(C)C)c2nccc(N4CCOCC4)c2CO3)CC1. The van der Waals surface area contributed by atoms with Crippen molar-refractivity contribution in [3.63, 3.8) is 0 Å². The van der Waals surface area contributed by atoms with Gasteiger partial charge >= 0.3 is 12.2 Å². The molecule has 1 atom stereocenters. The highest BCUT2D eigenvalue weighted by Crippen LogP contribution is 2.44. The lowest BCUT2D eigenvalue weighted by atomic mass is 9.91. The van der Waals surface area contributed by atoms with Gasteiger partial charge in [0.2, 0.25) is 0 Å². The first-order chi connectivity index (χ1) is 19.9. The lowest BCUT2D eigenvalue weighted by Crippen LogP contribution is -2.38. The Labute approximate surface area is 248 Å². The summed E-state index contributed by atoms with van der Waals surface area (Å²) in [6.45, 7) is 15.6. The second-order valence-corrected chi connectivity index (χ2v) is 13.2. The zero-order chi connectivity index (χ0) is 30.1. The smallest absolute Gasteiger partial charge is 0.420 e. The molecule has 0 saturated carbocycles. The molecular formula is C32H44N4O6. The van der Waals surface area contributed by atoms with Crippen molar-refractivity contribution in [1.29, 1.82) is 0 Å². The summed E-state index contributed by atoms with van der Waals surface area (Å²) < 4.78 is 23.5. The van der Waals surface area contributed by atoms with Crippen molar-refractivity contribution in [2.24, 2.45) is 0 Å². The highest BCUT2D eigenvalue weighted by Gasteiger charge is 2.35. The molecule has 3 aliphatic rings. The van der Waals surface area contributed by atoms with Crippen molar-refractivity contribution in [3.05, 3.63) is 41.6 Å². The molecule has 2 fully saturated rings. The summed E-state index contributed by atoms with van der Waals surface area (Å²) in [7, 11) is 0. The molecule has 42 heavy (non-hydrogen) atoms. The third-order valence-corrected chi connectivity index (χ3v) is 7.60. The minimum atomic E-state index is -0.698. The molecule has 10 nitrogen and oxygen atoms in total. The van der Waals surface area contributed by atoms with Gasteiger partial charge in [0.15, 0.2) is 5.82 Å². The van der Waals surface area contributed by atoms with E-state index in [4.69, 9.17) is 23.9 Å². The van der Waals surface area contributed by atoms with Gasteiger partial charge in [0.1, 0.15) is 23.6 Å². The van der Waals surface area contributed by atoms with Crippen molar-refractivity contribution >= 4 is 29.4 Å². The Kier molecular flexibility index (Phi) is 8.55. The normalized spacial score (nSPS) is 19.6. The van der Waals surface area contributed by atoms with Gasteiger partial charge in [0.25, 0.3) is 0 Å². The molecule has 1 unspecified atom stereocenters. The molecule has 0 radical (unpaired) electrons. The molecule has 0 aliphatic carbocycles. The van der Waals surface area contributed by atoms with E-state index < -0.39 is 17.3 Å². The Morgan fingerprint density at radius 2 is 1.60 bits per heavy atom. The van der Waals surface area contributed by atoms with Crippen LogP contribution in [0.3, 0.4) is 0 Å². The van der Waals surface area contributed by atoms with Crippen LogP contribution in [0.5, 0.6) is 5.75 Å². The number of fused-ring (bicyclic) bond motifs is 2. The van der Waals surface area contributed by atoms with E-state index in [1.165, 1.54) is 0 Å². The van der Waals surface area contributed by atoms with Gasteiger partial charge in [-0.15, -0.1) is 0 Å². The molecule has 5 rings (SSSR count). The third kappa shape index (κ3) is 6.91. The number of amides is 2. The first-order valence-electron chi connectivity index (χ1n) is 15.0. The summed E-state index contributed by atoms with van der Waals surface area (Å²) in [5.41, 5.74) is 2.29. The van der Waals surface area contributed by atoms with Gasteiger partial charge in [-0.3, -0.25) is 0 Å². The van der Waals surface area contributed by atoms with Crippen LogP contribution in [-0.4, -0.2) is 72.7 Å². The number of carbonyl (C=O) groups is 2. The van der Waals surface area contributed by atoms with Crippen molar-refractivity contribution in [2.75, 3.05) is 49.2 Å². The quantitative estimate of drug-likeness (QED) is 0.404. The van der Waals surface area contributed by atoms with Crippen LogP contribution in [0.4, 0.5) is 26.8 Å². The molecule has 10 heteroatoms. The van der Waals surface area contributed by atoms with Crippen LogP contribution in [0.1, 0.15) is 77.8 Å². The maximum absolute atomic E-state index is 13.9. The van der Waals surface area contributed by atoms with Crippen molar-refractivity contribution in [2.45, 2.75) is 84.5 Å². The molecule has 2 amide bonds. The molecule has 0 bridgehead atoms. The second-order valence-electron chi connectivity index (χ2n) is 13.2. The molecular weight excluding hydrogens is 536 g/mol. The first kappa shape index (κ1) is 29.9. The van der Waals surface area contributed by atoms with Gasteiger partial charge in [-0.1, -0.05) is 6.07 Å². The number of rotatable bonds is 2. The monoisotopic (exact) mass is 580 g/mol. The fourth-order valence-electron chi connectivity index (χ4n) is 5.68. The third-order valence-electron chi connectivity index (χ3n) is 7.60. The first-order valence-corrected chi connectivity index (χ1v) is 15.0. The minimum Gasteiger partial charge on any atom is -0.486 e.